The van der Waals surface area contributed by atoms with Gasteiger partial charge in [0.05, 0.1) is 12.5 Å². The largest absolute Gasteiger partial charge is 0.466 e. The van der Waals surface area contributed by atoms with Gasteiger partial charge in [-0.2, -0.15) is 0 Å². The highest BCUT2D eigenvalue weighted by Crippen LogP contribution is 2.18. The van der Waals surface area contributed by atoms with Gasteiger partial charge in [-0.15, -0.1) is 0 Å². The van der Waals surface area contributed by atoms with E-state index in [1.165, 1.54) is 5.57 Å². The molecule has 0 spiro atoms. The van der Waals surface area contributed by atoms with Gasteiger partial charge in [-0.1, -0.05) is 13.5 Å². The molecule has 4 nitrogen and oxygen atoms in total. The van der Waals surface area contributed by atoms with E-state index in [2.05, 4.69) is 23.7 Å². The Balaban J connectivity index is 2.34. The molecule has 0 saturated carbocycles. The van der Waals surface area contributed by atoms with Gasteiger partial charge in [0.1, 0.15) is 0 Å². The third-order valence-corrected chi connectivity index (χ3v) is 3.20. The van der Waals surface area contributed by atoms with Crippen LogP contribution < -0.4 is 5.32 Å². The number of nitrogens with zero attached hydrogens (tertiary/aromatic N) is 1. The average Bonchev–Trinajstić information content (AvgIpc) is 2.37. The van der Waals surface area contributed by atoms with Crippen molar-refractivity contribution in [2.45, 2.75) is 26.7 Å². The van der Waals surface area contributed by atoms with Crippen LogP contribution in [-0.2, 0) is 9.53 Å². The van der Waals surface area contributed by atoms with Crippen molar-refractivity contribution in [2.75, 3.05) is 39.3 Å². The van der Waals surface area contributed by atoms with Gasteiger partial charge in [-0.05, 0) is 38.4 Å². The molecule has 0 aliphatic carbocycles. The minimum atomic E-state index is -0.0421. The van der Waals surface area contributed by atoms with Crippen LogP contribution in [0.3, 0.4) is 0 Å². The smallest absolute Gasteiger partial charge is 0.310 e. The highest BCUT2D eigenvalue weighted by atomic mass is 16.5. The summed E-state index contributed by atoms with van der Waals surface area (Å²) < 4.78 is 5.10. The van der Waals surface area contributed by atoms with Gasteiger partial charge in [0.2, 0.25) is 0 Å². The monoisotopic (exact) mass is 254 g/mol. The van der Waals surface area contributed by atoms with E-state index in [0.717, 1.165) is 45.6 Å². The van der Waals surface area contributed by atoms with Crippen LogP contribution in [0.5, 0.6) is 0 Å². The van der Waals surface area contributed by atoms with E-state index in [-0.39, 0.29) is 11.9 Å². The first kappa shape index (κ1) is 15.2. The second kappa shape index (κ2) is 8.27. The van der Waals surface area contributed by atoms with Crippen molar-refractivity contribution >= 4 is 5.97 Å². The molecule has 1 rings (SSSR count). The van der Waals surface area contributed by atoms with Gasteiger partial charge in [0.25, 0.3) is 0 Å². The molecule has 1 unspecified atom stereocenters. The molecular formula is C14H26N2O2. The Morgan fingerprint density at radius 3 is 2.94 bits per heavy atom. The molecule has 0 aromatic carbocycles. The van der Waals surface area contributed by atoms with Crippen LogP contribution in [0.15, 0.2) is 12.2 Å². The molecule has 104 valence electrons. The highest BCUT2D eigenvalue weighted by Gasteiger charge is 2.26. The van der Waals surface area contributed by atoms with Gasteiger partial charge in [0, 0.05) is 19.6 Å². The molecule has 0 amide bonds. The topological polar surface area (TPSA) is 41.6 Å². The van der Waals surface area contributed by atoms with Crippen molar-refractivity contribution in [3.63, 3.8) is 0 Å². The Morgan fingerprint density at radius 1 is 1.50 bits per heavy atom. The Bertz CT molecular complexity index is 279. The fourth-order valence-electron chi connectivity index (χ4n) is 2.33. The van der Waals surface area contributed by atoms with E-state index in [1.54, 1.807) is 0 Å². The van der Waals surface area contributed by atoms with E-state index < -0.39 is 0 Å². The molecule has 0 aromatic rings. The van der Waals surface area contributed by atoms with Crippen molar-refractivity contribution in [1.82, 2.24) is 10.2 Å². The van der Waals surface area contributed by atoms with Crippen LogP contribution in [0.2, 0.25) is 0 Å². The lowest BCUT2D eigenvalue weighted by molar-refractivity contribution is -0.149. The molecular weight excluding hydrogens is 228 g/mol. The minimum Gasteiger partial charge on any atom is -0.466 e. The maximum Gasteiger partial charge on any atom is 0.310 e. The quantitative estimate of drug-likeness (QED) is 0.551. The summed E-state index contributed by atoms with van der Waals surface area (Å²) in [7, 11) is 0. The normalized spacial score (nSPS) is 20.7. The number of likely N-dealkylation sites (tertiary alicyclic amines) is 1. The molecule has 0 aromatic heterocycles. The predicted molar refractivity (Wildman–Crippen MR) is 73.5 cm³/mol. The second-order valence-corrected chi connectivity index (χ2v) is 4.86. The molecule has 1 saturated heterocycles. The minimum absolute atomic E-state index is 0.0421. The van der Waals surface area contributed by atoms with E-state index >= 15 is 0 Å². The Kier molecular flexibility index (Phi) is 6.98. The zero-order valence-corrected chi connectivity index (χ0v) is 11.7. The SMILES string of the molecule is C=C(CNCC)CN1CCCC(C(=O)OCC)C1. The Labute approximate surface area is 110 Å². The van der Waals surface area contributed by atoms with Gasteiger partial charge < -0.3 is 10.1 Å². The van der Waals surface area contributed by atoms with Crippen LogP contribution in [0.25, 0.3) is 0 Å². The highest BCUT2D eigenvalue weighted by molar-refractivity contribution is 5.72. The van der Waals surface area contributed by atoms with Gasteiger partial charge in [0.15, 0.2) is 0 Å². The number of piperidine rings is 1. The number of nitrogens with one attached hydrogen (secondary N) is 1. The molecule has 0 radical (unpaired) electrons. The molecule has 1 N–H and O–H groups in total. The van der Waals surface area contributed by atoms with Crippen molar-refractivity contribution in [3.8, 4) is 0 Å². The maximum atomic E-state index is 11.7. The first-order valence-electron chi connectivity index (χ1n) is 6.93. The van der Waals surface area contributed by atoms with E-state index in [4.69, 9.17) is 4.74 Å². The van der Waals surface area contributed by atoms with Crippen LogP contribution >= 0.6 is 0 Å². The Hall–Kier alpha value is -0.870. The molecule has 1 aliphatic rings. The molecule has 4 heteroatoms. The summed E-state index contributed by atoms with van der Waals surface area (Å²) in [6.45, 7) is 13.1. The number of rotatable bonds is 7. The van der Waals surface area contributed by atoms with Crippen LogP contribution in [0.4, 0.5) is 0 Å². The summed E-state index contributed by atoms with van der Waals surface area (Å²) in [5.74, 6) is 0.00475. The molecule has 1 heterocycles. The number of esters is 1. The van der Waals surface area contributed by atoms with E-state index in [1.807, 2.05) is 6.92 Å². The second-order valence-electron chi connectivity index (χ2n) is 4.86. The fourth-order valence-corrected chi connectivity index (χ4v) is 2.33. The lowest BCUT2D eigenvalue weighted by atomic mass is 9.98. The summed E-state index contributed by atoms with van der Waals surface area (Å²) in [5, 5.41) is 3.27. The van der Waals surface area contributed by atoms with E-state index in [9.17, 15) is 4.79 Å². The maximum absolute atomic E-state index is 11.7. The first-order chi connectivity index (χ1) is 8.67. The fraction of sp³-hybridized carbons (Fsp3) is 0.786. The number of ether oxygens (including phenoxy) is 1. The third kappa shape index (κ3) is 5.19. The molecule has 18 heavy (non-hydrogen) atoms. The van der Waals surface area contributed by atoms with Crippen molar-refractivity contribution in [1.29, 1.82) is 0 Å². The van der Waals surface area contributed by atoms with Gasteiger partial charge >= 0.3 is 5.97 Å². The lowest BCUT2D eigenvalue weighted by Gasteiger charge is -2.31. The standard InChI is InChI=1S/C14H26N2O2/c1-4-15-9-12(3)10-16-8-6-7-13(11-16)14(17)18-5-2/h13,15H,3-11H2,1-2H3. The Morgan fingerprint density at radius 2 is 2.28 bits per heavy atom. The molecule has 1 atom stereocenters. The summed E-state index contributed by atoms with van der Waals surface area (Å²) in [6, 6.07) is 0. The van der Waals surface area contributed by atoms with Crippen LogP contribution in [0, 0.1) is 5.92 Å². The zero-order chi connectivity index (χ0) is 13.4. The summed E-state index contributed by atoms with van der Waals surface area (Å²) in [4.78, 5) is 14.0. The molecule has 1 aliphatic heterocycles. The number of hydrogen-bond donors (Lipinski definition) is 1. The summed E-state index contributed by atoms with van der Waals surface area (Å²) >= 11 is 0. The summed E-state index contributed by atoms with van der Waals surface area (Å²) in [5.41, 5.74) is 1.18. The van der Waals surface area contributed by atoms with Crippen molar-refractivity contribution in [3.05, 3.63) is 12.2 Å². The number of hydrogen-bond acceptors (Lipinski definition) is 4. The number of carbonyl (C=O) groups excluding carboxylic acids is 1. The number of likely N-dealkylation sites (N-methyl/N-ethyl adjacent to an activating group) is 1. The average molecular weight is 254 g/mol. The lowest BCUT2D eigenvalue weighted by Crippen LogP contribution is -2.41. The van der Waals surface area contributed by atoms with Crippen LogP contribution in [0.1, 0.15) is 26.7 Å². The van der Waals surface area contributed by atoms with E-state index in [0.29, 0.717) is 6.61 Å². The van der Waals surface area contributed by atoms with Gasteiger partial charge in [-0.25, -0.2) is 0 Å². The molecule has 1 fully saturated rings. The van der Waals surface area contributed by atoms with Gasteiger partial charge in [-0.3, -0.25) is 9.69 Å². The third-order valence-electron chi connectivity index (χ3n) is 3.20. The first-order valence-corrected chi connectivity index (χ1v) is 6.93. The van der Waals surface area contributed by atoms with Crippen LogP contribution in [-0.4, -0.2) is 50.2 Å². The summed E-state index contributed by atoms with van der Waals surface area (Å²) in [6.07, 6.45) is 2.02. The molecule has 0 bridgehead atoms. The van der Waals surface area contributed by atoms with Crippen molar-refractivity contribution in [2.24, 2.45) is 5.92 Å². The number of carbonyl (C=O) groups is 1. The zero-order valence-electron chi connectivity index (χ0n) is 11.7. The van der Waals surface area contributed by atoms with Crippen molar-refractivity contribution < 1.29 is 9.53 Å². The predicted octanol–water partition coefficient (Wildman–Crippen LogP) is 1.43.